The predicted molar refractivity (Wildman–Crippen MR) is 86.5 cm³/mol. The highest BCUT2D eigenvalue weighted by Crippen LogP contribution is 2.40. The first-order valence-electron chi connectivity index (χ1n) is 8.54. The van der Waals surface area contributed by atoms with Crippen LogP contribution in [0.15, 0.2) is 24.3 Å². The number of rotatable bonds is 4. The number of amides is 2. The molecule has 128 valence electrons. The van der Waals surface area contributed by atoms with Crippen LogP contribution >= 0.6 is 0 Å². The van der Waals surface area contributed by atoms with E-state index < -0.39 is 6.10 Å². The molecule has 1 aliphatic carbocycles. The molecule has 6 nitrogen and oxygen atoms in total. The molecule has 4 rings (SSSR count). The molecule has 0 N–H and O–H groups in total. The van der Waals surface area contributed by atoms with Crippen LogP contribution in [0.1, 0.15) is 30.9 Å². The van der Waals surface area contributed by atoms with E-state index in [2.05, 4.69) is 0 Å². The van der Waals surface area contributed by atoms with Crippen LogP contribution in [0.2, 0.25) is 0 Å². The van der Waals surface area contributed by atoms with Gasteiger partial charge < -0.3 is 19.3 Å². The zero-order valence-corrected chi connectivity index (χ0v) is 13.8. The van der Waals surface area contributed by atoms with Crippen molar-refractivity contribution in [1.29, 1.82) is 0 Å². The number of carbonyl (C=O) groups excluding carboxylic acids is 2. The van der Waals surface area contributed by atoms with E-state index in [-0.39, 0.29) is 30.5 Å². The molecular weight excluding hydrogens is 308 g/mol. The topological polar surface area (TPSA) is 59.1 Å². The predicted octanol–water partition coefficient (Wildman–Crippen LogP) is 1.36. The van der Waals surface area contributed by atoms with Crippen LogP contribution in [0.5, 0.6) is 5.75 Å². The number of nitrogens with zero attached hydrogens (tertiary/aromatic N) is 2. The number of ether oxygens (including phenoxy) is 2. The molecule has 3 aliphatic rings. The smallest absolute Gasteiger partial charge is 0.254 e. The van der Waals surface area contributed by atoms with Gasteiger partial charge in [-0.05, 0) is 37.0 Å². The number of carbonyl (C=O) groups is 2. The van der Waals surface area contributed by atoms with Crippen molar-refractivity contribution in [2.45, 2.75) is 37.5 Å². The van der Waals surface area contributed by atoms with Gasteiger partial charge in [0.1, 0.15) is 12.4 Å². The van der Waals surface area contributed by atoms with Crippen molar-refractivity contribution in [1.82, 2.24) is 9.80 Å². The molecule has 0 spiro atoms. The van der Waals surface area contributed by atoms with Gasteiger partial charge in [-0.1, -0.05) is 12.1 Å². The minimum Gasteiger partial charge on any atom is -0.497 e. The first-order valence-corrected chi connectivity index (χ1v) is 8.54. The Balaban J connectivity index is 1.68. The lowest BCUT2D eigenvalue weighted by Gasteiger charge is -2.43. The fourth-order valence-corrected chi connectivity index (χ4v) is 3.47. The molecule has 1 saturated carbocycles. The average Bonchev–Trinajstić information content (AvgIpc) is 3.37. The Morgan fingerprint density at radius 3 is 2.46 bits per heavy atom. The number of likely N-dealkylation sites (tertiary alicyclic amines) is 1. The largest absolute Gasteiger partial charge is 0.497 e. The Morgan fingerprint density at radius 1 is 1.21 bits per heavy atom. The first kappa shape index (κ1) is 15.4. The molecule has 2 saturated heterocycles. The molecule has 1 aromatic rings. The van der Waals surface area contributed by atoms with Gasteiger partial charge in [0.25, 0.3) is 5.91 Å². The molecule has 6 heteroatoms. The molecule has 2 amide bonds. The lowest BCUT2D eigenvalue weighted by Crippen LogP contribution is -2.57. The summed E-state index contributed by atoms with van der Waals surface area (Å²) in [5, 5.41) is 0. The second-order valence-corrected chi connectivity index (χ2v) is 6.66. The van der Waals surface area contributed by atoms with Gasteiger partial charge >= 0.3 is 0 Å². The average molecular weight is 330 g/mol. The van der Waals surface area contributed by atoms with Crippen molar-refractivity contribution in [3.05, 3.63) is 29.8 Å². The Morgan fingerprint density at radius 2 is 1.92 bits per heavy atom. The molecular formula is C18H22N2O4. The van der Waals surface area contributed by atoms with E-state index in [0.717, 1.165) is 43.7 Å². The van der Waals surface area contributed by atoms with E-state index in [0.29, 0.717) is 0 Å². The van der Waals surface area contributed by atoms with Gasteiger partial charge in [0.2, 0.25) is 5.91 Å². The van der Waals surface area contributed by atoms with Gasteiger partial charge in [-0.25, -0.2) is 0 Å². The summed E-state index contributed by atoms with van der Waals surface area (Å²) >= 11 is 0. The van der Waals surface area contributed by atoms with E-state index in [9.17, 15) is 9.59 Å². The number of hydrogen-bond acceptors (Lipinski definition) is 4. The van der Waals surface area contributed by atoms with Crippen molar-refractivity contribution in [3.8, 4) is 5.75 Å². The minimum absolute atomic E-state index is 0.000202. The number of methoxy groups -OCH3 is 1. The zero-order chi connectivity index (χ0) is 16.7. The molecule has 0 radical (unpaired) electrons. The third kappa shape index (κ3) is 2.65. The highest BCUT2D eigenvalue weighted by molar-refractivity contribution is 5.87. The van der Waals surface area contributed by atoms with Gasteiger partial charge in [0.15, 0.2) is 6.10 Å². The van der Waals surface area contributed by atoms with Gasteiger partial charge in [-0.15, -0.1) is 0 Å². The van der Waals surface area contributed by atoms with Gasteiger partial charge in [-0.2, -0.15) is 0 Å². The zero-order valence-electron chi connectivity index (χ0n) is 13.8. The Bertz CT molecular complexity index is 637. The van der Waals surface area contributed by atoms with Crippen LogP contribution in [0.25, 0.3) is 0 Å². The van der Waals surface area contributed by atoms with Gasteiger partial charge in [0.05, 0.1) is 13.2 Å². The van der Waals surface area contributed by atoms with E-state index in [1.807, 2.05) is 34.1 Å². The monoisotopic (exact) mass is 330 g/mol. The molecule has 0 unspecified atom stereocenters. The van der Waals surface area contributed by atoms with Crippen LogP contribution in [0, 0.1) is 0 Å². The number of benzene rings is 1. The summed E-state index contributed by atoms with van der Waals surface area (Å²) in [5.41, 5.74) is 0.926. The minimum atomic E-state index is -0.614. The first-order chi connectivity index (χ1) is 11.7. The maximum atomic E-state index is 12.8. The number of hydrogen-bond donors (Lipinski definition) is 0. The third-order valence-corrected chi connectivity index (χ3v) is 5.07. The van der Waals surface area contributed by atoms with Crippen molar-refractivity contribution >= 4 is 11.8 Å². The highest BCUT2D eigenvalue weighted by Gasteiger charge is 2.48. The fraction of sp³-hybridized carbons (Fsp3) is 0.556. The SMILES string of the molecule is COc1ccc([C@@H]2[C@@H](C(=O)N3CCC3)OCC(=O)N2C2CC2)cc1. The Kier molecular flexibility index (Phi) is 3.92. The molecule has 0 aromatic heterocycles. The second-order valence-electron chi connectivity index (χ2n) is 6.66. The lowest BCUT2D eigenvalue weighted by molar-refractivity contribution is -0.172. The molecule has 2 atom stereocenters. The summed E-state index contributed by atoms with van der Waals surface area (Å²) in [6, 6.07) is 7.47. The molecule has 3 fully saturated rings. The molecule has 2 aliphatic heterocycles. The maximum Gasteiger partial charge on any atom is 0.254 e. The summed E-state index contributed by atoms with van der Waals surface area (Å²) in [5.74, 6) is 0.733. The van der Waals surface area contributed by atoms with Crippen LogP contribution in [-0.2, 0) is 14.3 Å². The van der Waals surface area contributed by atoms with Crippen molar-refractivity contribution in [2.75, 3.05) is 26.8 Å². The number of morpholine rings is 1. The molecule has 1 aromatic carbocycles. The second kappa shape index (κ2) is 6.09. The summed E-state index contributed by atoms with van der Waals surface area (Å²) in [6.07, 6.45) is 2.43. The van der Waals surface area contributed by atoms with Gasteiger partial charge in [0, 0.05) is 19.1 Å². The molecule has 0 bridgehead atoms. The standard InChI is InChI=1S/C18H22N2O4/c1-23-14-7-3-12(4-8-14)16-17(18(22)19-9-2-10-19)24-11-15(21)20(16)13-5-6-13/h3-4,7-8,13,16-17H,2,5-6,9-11H2,1H3/t16-,17+/m1/s1. The van der Waals surface area contributed by atoms with Gasteiger partial charge in [-0.3, -0.25) is 9.59 Å². The summed E-state index contributed by atoms with van der Waals surface area (Å²) in [7, 11) is 1.62. The summed E-state index contributed by atoms with van der Waals surface area (Å²) in [6.45, 7) is 1.56. The van der Waals surface area contributed by atoms with Crippen molar-refractivity contribution in [3.63, 3.8) is 0 Å². The maximum absolute atomic E-state index is 12.8. The summed E-state index contributed by atoms with van der Waals surface area (Å²) in [4.78, 5) is 29.0. The Hall–Kier alpha value is -2.08. The summed E-state index contributed by atoms with van der Waals surface area (Å²) < 4.78 is 10.9. The fourth-order valence-electron chi connectivity index (χ4n) is 3.47. The van der Waals surface area contributed by atoms with E-state index >= 15 is 0 Å². The van der Waals surface area contributed by atoms with E-state index in [1.165, 1.54) is 0 Å². The van der Waals surface area contributed by atoms with E-state index in [1.54, 1.807) is 7.11 Å². The van der Waals surface area contributed by atoms with Crippen molar-refractivity contribution in [2.24, 2.45) is 0 Å². The van der Waals surface area contributed by atoms with Crippen LogP contribution in [0.3, 0.4) is 0 Å². The Labute approximate surface area is 141 Å². The van der Waals surface area contributed by atoms with Crippen molar-refractivity contribution < 1.29 is 19.1 Å². The van der Waals surface area contributed by atoms with Crippen LogP contribution < -0.4 is 4.74 Å². The highest BCUT2D eigenvalue weighted by atomic mass is 16.5. The van der Waals surface area contributed by atoms with E-state index in [4.69, 9.17) is 9.47 Å². The van der Waals surface area contributed by atoms with Crippen LogP contribution in [0.4, 0.5) is 0 Å². The third-order valence-electron chi connectivity index (χ3n) is 5.07. The molecule has 24 heavy (non-hydrogen) atoms. The lowest BCUT2D eigenvalue weighted by atomic mass is 9.95. The molecule has 2 heterocycles. The quantitative estimate of drug-likeness (QED) is 0.836. The van der Waals surface area contributed by atoms with Crippen LogP contribution in [-0.4, -0.2) is 60.6 Å². The normalized spacial score (nSPS) is 27.0.